The van der Waals surface area contributed by atoms with Crippen LogP contribution in [-0.4, -0.2) is 30.3 Å². The summed E-state index contributed by atoms with van der Waals surface area (Å²) >= 11 is 0. The molecule has 2 aromatic carbocycles. The summed E-state index contributed by atoms with van der Waals surface area (Å²) < 4.78 is 42.2. The molecule has 1 aromatic heterocycles. The number of benzene rings is 2. The molecule has 1 N–H and O–H groups in total. The molecule has 1 heterocycles. The standard InChI is InChI=1S/C17H13F2N3O4/c1-24-13-6-3-9(7-14(13)25-2)15(23)20-17-22-21-16(26-17)11-5-4-10(18)8-12(11)19/h3-8H,1-2H3,(H,20,22,23). The number of hydrogen-bond donors (Lipinski definition) is 1. The van der Waals surface area contributed by atoms with Gasteiger partial charge in [-0.05, 0) is 30.3 Å². The first kappa shape index (κ1) is 17.3. The fraction of sp³-hybridized carbons (Fsp3) is 0.118. The smallest absolute Gasteiger partial charge is 0.322 e. The monoisotopic (exact) mass is 361 g/mol. The van der Waals surface area contributed by atoms with Crippen molar-refractivity contribution < 1.29 is 27.5 Å². The molecule has 26 heavy (non-hydrogen) atoms. The average molecular weight is 361 g/mol. The molecule has 3 rings (SSSR count). The van der Waals surface area contributed by atoms with Crippen LogP contribution in [0.4, 0.5) is 14.8 Å². The van der Waals surface area contributed by atoms with Crippen LogP contribution < -0.4 is 14.8 Å². The Bertz CT molecular complexity index is 959. The van der Waals surface area contributed by atoms with Gasteiger partial charge < -0.3 is 13.9 Å². The van der Waals surface area contributed by atoms with E-state index in [1.54, 1.807) is 6.07 Å². The third kappa shape index (κ3) is 3.46. The molecule has 1 amide bonds. The molecule has 0 spiro atoms. The van der Waals surface area contributed by atoms with Crippen molar-refractivity contribution in [3.05, 3.63) is 53.6 Å². The van der Waals surface area contributed by atoms with Crippen molar-refractivity contribution in [2.24, 2.45) is 0 Å². The van der Waals surface area contributed by atoms with Crippen LogP contribution in [0.25, 0.3) is 11.5 Å². The molecule has 0 unspecified atom stereocenters. The van der Waals surface area contributed by atoms with Crippen molar-refractivity contribution in [2.75, 3.05) is 19.5 Å². The molecule has 0 saturated heterocycles. The van der Waals surface area contributed by atoms with Gasteiger partial charge in [0.05, 0.1) is 19.8 Å². The summed E-state index contributed by atoms with van der Waals surface area (Å²) in [6, 6.07) is 7.26. The zero-order chi connectivity index (χ0) is 18.7. The van der Waals surface area contributed by atoms with Crippen LogP contribution in [0.15, 0.2) is 40.8 Å². The van der Waals surface area contributed by atoms with Gasteiger partial charge in [0.15, 0.2) is 11.5 Å². The van der Waals surface area contributed by atoms with E-state index in [0.717, 1.165) is 12.1 Å². The summed E-state index contributed by atoms with van der Waals surface area (Å²) in [5.74, 6) is -1.47. The second kappa shape index (κ2) is 7.18. The van der Waals surface area contributed by atoms with Crippen LogP contribution in [0.3, 0.4) is 0 Å². The number of hydrogen-bond acceptors (Lipinski definition) is 6. The Hall–Kier alpha value is -3.49. The molecule has 0 bridgehead atoms. The summed E-state index contributed by atoms with van der Waals surface area (Å²) in [5, 5.41) is 9.68. The summed E-state index contributed by atoms with van der Waals surface area (Å²) in [5.41, 5.74) is 0.181. The third-order valence-electron chi connectivity index (χ3n) is 3.45. The molecule has 9 heteroatoms. The largest absolute Gasteiger partial charge is 0.493 e. The van der Waals surface area contributed by atoms with Gasteiger partial charge in [-0.25, -0.2) is 8.78 Å². The van der Waals surface area contributed by atoms with Gasteiger partial charge in [-0.1, -0.05) is 5.10 Å². The number of anilines is 1. The van der Waals surface area contributed by atoms with Gasteiger partial charge in [0.25, 0.3) is 11.8 Å². The maximum absolute atomic E-state index is 13.7. The van der Waals surface area contributed by atoms with E-state index in [0.29, 0.717) is 17.6 Å². The summed E-state index contributed by atoms with van der Waals surface area (Å²) in [4.78, 5) is 12.3. The third-order valence-corrected chi connectivity index (χ3v) is 3.45. The van der Waals surface area contributed by atoms with E-state index in [1.165, 1.54) is 26.4 Å². The number of halogens is 2. The van der Waals surface area contributed by atoms with Gasteiger partial charge in [0.1, 0.15) is 11.6 Å². The van der Waals surface area contributed by atoms with Gasteiger partial charge in [-0.3, -0.25) is 10.1 Å². The fourth-order valence-electron chi connectivity index (χ4n) is 2.19. The quantitative estimate of drug-likeness (QED) is 0.750. The SMILES string of the molecule is COc1ccc(C(=O)Nc2nnc(-c3ccc(F)cc3F)o2)cc1OC. The minimum atomic E-state index is -0.855. The number of carbonyl (C=O) groups is 1. The fourth-order valence-corrected chi connectivity index (χ4v) is 2.19. The highest BCUT2D eigenvalue weighted by atomic mass is 19.1. The number of ether oxygens (including phenoxy) is 2. The van der Waals surface area contributed by atoms with Crippen LogP contribution in [0.1, 0.15) is 10.4 Å². The number of nitrogens with one attached hydrogen (secondary N) is 1. The Labute approximate surface area is 146 Å². The van der Waals surface area contributed by atoms with E-state index >= 15 is 0 Å². The molecule has 0 saturated carbocycles. The molecule has 0 fully saturated rings. The van der Waals surface area contributed by atoms with E-state index < -0.39 is 17.5 Å². The Kier molecular flexibility index (Phi) is 4.78. The molecule has 134 valence electrons. The van der Waals surface area contributed by atoms with Gasteiger partial charge in [-0.15, -0.1) is 5.10 Å². The highest BCUT2D eigenvalue weighted by Gasteiger charge is 2.17. The lowest BCUT2D eigenvalue weighted by Gasteiger charge is -2.08. The number of rotatable bonds is 5. The van der Waals surface area contributed by atoms with Crippen molar-refractivity contribution in [1.29, 1.82) is 0 Å². The normalized spacial score (nSPS) is 10.5. The first-order valence-corrected chi connectivity index (χ1v) is 7.34. The lowest BCUT2D eigenvalue weighted by Crippen LogP contribution is -2.12. The molecular weight excluding hydrogens is 348 g/mol. The molecule has 0 aliphatic rings. The minimum absolute atomic E-state index is 0.0782. The molecule has 0 atom stereocenters. The Morgan fingerprint density at radius 1 is 1.04 bits per heavy atom. The molecule has 3 aromatic rings. The van der Waals surface area contributed by atoms with Gasteiger partial charge >= 0.3 is 6.01 Å². The van der Waals surface area contributed by atoms with E-state index in [4.69, 9.17) is 13.9 Å². The first-order valence-electron chi connectivity index (χ1n) is 7.34. The van der Waals surface area contributed by atoms with Crippen molar-refractivity contribution in [2.45, 2.75) is 0 Å². The molecular formula is C17H13F2N3O4. The first-order chi connectivity index (χ1) is 12.5. The van der Waals surface area contributed by atoms with Gasteiger partial charge in [0, 0.05) is 11.6 Å². The zero-order valence-electron chi connectivity index (χ0n) is 13.7. The zero-order valence-corrected chi connectivity index (χ0v) is 13.7. The van der Waals surface area contributed by atoms with Crippen molar-refractivity contribution in [3.8, 4) is 23.0 Å². The van der Waals surface area contributed by atoms with Crippen LogP contribution in [0.2, 0.25) is 0 Å². The number of nitrogens with zero attached hydrogens (tertiary/aromatic N) is 2. The maximum atomic E-state index is 13.7. The van der Waals surface area contributed by atoms with E-state index in [-0.39, 0.29) is 23.0 Å². The number of carbonyl (C=O) groups excluding carboxylic acids is 1. The maximum Gasteiger partial charge on any atom is 0.322 e. The van der Waals surface area contributed by atoms with Crippen molar-refractivity contribution in [1.82, 2.24) is 10.2 Å². The minimum Gasteiger partial charge on any atom is -0.493 e. The predicted octanol–water partition coefficient (Wildman–Crippen LogP) is 3.28. The molecule has 0 aliphatic carbocycles. The summed E-state index contributed by atoms with van der Waals surface area (Å²) in [6.45, 7) is 0. The predicted molar refractivity (Wildman–Crippen MR) is 87.1 cm³/mol. The topological polar surface area (TPSA) is 86.5 Å². The van der Waals surface area contributed by atoms with Crippen LogP contribution in [-0.2, 0) is 0 Å². The molecule has 0 aliphatic heterocycles. The lowest BCUT2D eigenvalue weighted by molar-refractivity contribution is 0.102. The Morgan fingerprint density at radius 2 is 1.81 bits per heavy atom. The lowest BCUT2D eigenvalue weighted by atomic mass is 10.2. The van der Waals surface area contributed by atoms with Crippen LogP contribution in [0.5, 0.6) is 11.5 Å². The van der Waals surface area contributed by atoms with E-state index in [9.17, 15) is 13.6 Å². The van der Waals surface area contributed by atoms with E-state index in [2.05, 4.69) is 15.5 Å². The molecule has 0 radical (unpaired) electrons. The Morgan fingerprint density at radius 3 is 2.50 bits per heavy atom. The average Bonchev–Trinajstić information content (AvgIpc) is 3.09. The summed E-state index contributed by atoms with van der Waals surface area (Å²) in [6.07, 6.45) is 0. The van der Waals surface area contributed by atoms with Gasteiger partial charge in [-0.2, -0.15) is 0 Å². The highest BCUT2D eigenvalue weighted by molar-refractivity contribution is 6.03. The second-order valence-electron chi connectivity index (χ2n) is 5.06. The summed E-state index contributed by atoms with van der Waals surface area (Å²) in [7, 11) is 2.92. The van der Waals surface area contributed by atoms with E-state index in [1.807, 2.05) is 0 Å². The van der Waals surface area contributed by atoms with Gasteiger partial charge in [0.2, 0.25) is 0 Å². The Balaban J connectivity index is 1.79. The second-order valence-corrected chi connectivity index (χ2v) is 5.06. The van der Waals surface area contributed by atoms with Crippen LogP contribution in [0, 0.1) is 11.6 Å². The van der Waals surface area contributed by atoms with Crippen molar-refractivity contribution >= 4 is 11.9 Å². The highest BCUT2D eigenvalue weighted by Crippen LogP contribution is 2.28. The number of amides is 1. The van der Waals surface area contributed by atoms with Crippen molar-refractivity contribution in [3.63, 3.8) is 0 Å². The molecule has 7 nitrogen and oxygen atoms in total. The van der Waals surface area contributed by atoms with Crippen LogP contribution >= 0.6 is 0 Å². The number of aromatic nitrogens is 2. The number of methoxy groups -OCH3 is 2.